The second kappa shape index (κ2) is 12.0. The second-order valence-electron chi connectivity index (χ2n) is 7.72. The van der Waals surface area contributed by atoms with E-state index in [0.29, 0.717) is 13.2 Å². The summed E-state index contributed by atoms with van der Waals surface area (Å²) in [7, 11) is 1.78. The standard InChI is InChI=1S/C23H30N6O2.HI/c1-17-8-9-18(20(14-17)31-19-10-13-30-16-19)15-26-23(24-2)25-11-5-7-22-28-27-21-6-3-4-12-29(21)22;/h3-4,6,8-9,12,14,19H,5,7,10-11,13,15-16H2,1-2H3,(H2,24,25,26);1H. The molecule has 0 spiro atoms. The van der Waals surface area contributed by atoms with Crippen LogP contribution in [0.25, 0.3) is 5.65 Å². The van der Waals surface area contributed by atoms with Crippen molar-refractivity contribution in [2.24, 2.45) is 4.99 Å². The van der Waals surface area contributed by atoms with Gasteiger partial charge in [-0.15, -0.1) is 34.2 Å². The number of hydrogen-bond donors (Lipinski definition) is 2. The molecule has 1 saturated heterocycles. The van der Waals surface area contributed by atoms with Crippen molar-refractivity contribution in [3.63, 3.8) is 0 Å². The molecule has 1 unspecified atom stereocenters. The Bertz CT molecular complexity index is 1030. The first-order valence-electron chi connectivity index (χ1n) is 10.8. The summed E-state index contributed by atoms with van der Waals surface area (Å²) in [6.07, 6.45) is 4.83. The van der Waals surface area contributed by atoms with Crippen molar-refractivity contribution < 1.29 is 9.47 Å². The van der Waals surface area contributed by atoms with Gasteiger partial charge in [-0.3, -0.25) is 9.39 Å². The van der Waals surface area contributed by atoms with E-state index in [4.69, 9.17) is 9.47 Å². The number of aryl methyl sites for hydroxylation is 2. The Morgan fingerprint density at radius 2 is 2.16 bits per heavy atom. The van der Waals surface area contributed by atoms with Crippen molar-refractivity contribution in [3.05, 3.63) is 59.5 Å². The highest BCUT2D eigenvalue weighted by Crippen LogP contribution is 2.23. The van der Waals surface area contributed by atoms with Gasteiger partial charge in [-0.1, -0.05) is 18.2 Å². The van der Waals surface area contributed by atoms with Crippen LogP contribution in [-0.2, 0) is 17.7 Å². The number of aromatic nitrogens is 3. The van der Waals surface area contributed by atoms with Crippen LogP contribution in [0.2, 0.25) is 0 Å². The number of guanidine groups is 1. The van der Waals surface area contributed by atoms with Gasteiger partial charge in [0.15, 0.2) is 11.6 Å². The number of hydrogen-bond acceptors (Lipinski definition) is 5. The van der Waals surface area contributed by atoms with Crippen LogP contribution in [0.3, 0.4) is 0 Å². The molecule has 3 heterocycles. The zero-order chi connectivity index (χ0) is 21.5. The molecule has 0 bridgehead atoms. The van der Waals surface area contributed by atoms with Crippen LogP contribution in [0.5, 0.6) is 5.75 Å². The fourth-order valence-electron chi connectivity index (χ4n) is 3.62. The Morgan fingerprint density at radius 3 is 2.97 bits per heavy atom. The first-order valence-corrected chi connectivity index (χ1v) is 10.8. The van der Waals surface area contributed by atoms with E-state index >= 15 is 0 Å². The Hall–Kier alpha value is -2.40. The molecular formula is C23H31IN6O2. The summed E-state index contributed by atoms with van der Waals surface area (Å²) in [6.45, 7) is 4.93. The van der Waals surface area contributed by atoms with Crippen LogP contribution in [0.15, 0.2) is 47.6 Å². The molecule has 0 radical (unpaired) electrons. The van der Waals surface area contributed by atoms with Gasteiger partial charge >= 0.3 is 0 Å². The van der Waals surface area contributed by atoms with Crippen molar-refractivity contribution in [2.45, 2.75) is 38.8 Å². The molecule has 0 amide bonds. The number of fused-ring (bicyclic) bond motifs is 1. The average Bonchev–Trinajstić information content (AvgIpc) is 3.44. The highest BCUT2D eigenvalue weighted by atomic mass is 127. The van der Waals surface area contributed by atoms with Gasteiger partial charge in [0.1, 0.15) is 17.7 Å². The maximum absolute atomic E-state index is 6.19. The summed E-state index contributed by atoms with van der Waals surface area (Å²) in [6, 6.07) is 12.2. The number of benzene rings is 1. The lowest BCUT2D eigenvalue weighted by Crippen LogP contribution is -2.37. The topological polar surface area (TPSA) is 85.1 Å². The van der Waals surface area contributed by atoms with E-state index in [1.807, 2.05) is 28.8 Å². The Kier molecular flexibility index (Phi) is 9.10. The van der Waals surface area contributed by atoms with E-state index in [0.717, 1.165) is 61.2 Å². The maximum atomic E-state index is 6.19. The SMILES string of the molecule is CN=C(NCCCc1nnc2ccccn12)NCc1ccc(C)cc1OC1CCOC1.I. The molecule has 1 aromatic carbocycles. The predicted octanol–water partition coefficient (Wildman–Crippen LogP) is 3.12. The van der Waals surface area contributed by atoms with Gasteiger partial charge < -0.3 is 20.1 Å². The van der Waals surface area contributed by atoms with Crippen LogP contribution in [0.4, 0.5) is 0 Å². The average molecular weight is 550 g/mol. The third-order valence-corrected chi connectivity index (χ3v) is 5.33. The van der Waals surface area contributed by atoms with Crippen molar-refractivity contribution in [1.82, 2.24) is 25.2 Å². The first kappa shape index (κ1) is 24.2. The molecule has 1 aliphatic heterocycles. The normalized spacial score (nSPS) is 16.1. The maximum Gasteiger partial charge on any atom is 0.191 e. The van der Waals surface area contributed by atoms with Crippen molar-refractivity contribution in [1.29, 1.82) is 0 Å². The predicted molar refractivity (Wildman–Crippen MR) is 136 cm³/mol. The molecule has 0 aliphatic carbocycles. The number of pyridine rings is 1. The molecule has 1 fully saturated rings. The van der Waals surface area contributed by atoms with Crippen LogP contribution in [0, 0.1) is 6.92 Å². The largest absolute Gasteiger partial charge is 0.488 e. The number of nitrogens with zero attached hydrogens (tertiary/aromatic N) is 4. The third kappa shape index (κ3) is 6.32. The molecule has 3 aromatic rings. The molecule has 172 valence electrons. The van der Waals surface area contributed by atoms with Crippen molar-refractivity contribution in [3.8, 4) is 5.75 Å². The first-order chi connectivity index (χ1) is 15.2. The number of rotatable bonds is 8. The molecular weight excluding hydrogens is 519 g/mol. The summed E-state index contributed by atoms with van der Waals surface area (Å²) < 4.78 is 13.7. The lowest BCUT2D eigenvalue weighted by Gasteiger charge is -2.18. The molecule has 1 atom stereocenters. The van der Waals surface area contributed by atoms with Gasteiger partial charge in [0.2, 0.25) is 0 Å². The molecule has 32 heavy (non-hydrogen) atoms. The highest BCUT2D eigenvalue weighted by Gasteiger charge is 2.18. The van der Waals surface area contributed by atoms with Crippen molar-refractivity contribution >= 4 is 35.6 Å². The number of aliphatic imine (C=N–C) groups is 1. The Morgan fingerprint density at radius 1 is 1.25 bits per heavy atom. The monoisotopic (exact) mass is 550 g/mol. The van der Waals surface area contributed by atoms with E-state index in [9.17, 15) is 0 Å². The second-order valence-corrected chi connectivity index (χ2v) is 7.72. The molecule has 0 saturated carbocycles. The number of halogens is 1. The summed E-state index contributed by atoms with van der Waals surface area (Å²) in [5.74, 6) is 2.65. The zero-order valence-electron chi connectivity index (χ0n) is 18.6. The van der Waals surface area contributed by atoms with Gasteiger partial charge in [-0.2, -0.15) is 0 Å². The van der Waals surface area contributed by atoms with E-state index in [1.165, 1.54) is 5.56 Å². The molecule has 9 heteroatoms. The minimum absolute atomic E-state index is 0. The molecule has 1 aliphatic rings. The summed E-state index contributed by atoms with van der Waals surface area (Å²) in [5, 5.41) is 15.2. The van der Waals surface area contributed by atoms with E-state index in [1.54, 1.807) is 7.05 Å². The quantitative estimate of drug-likeness (QED) is 0.194. The highest BCUT2D eigenvalue weighted by molar-refractivity contribution is 14.0. The smallest absolute Gasteiger partial charge is 0.191 e. The third-order valence-electron chi connectivity index (χ3n) is 5.33. The van der Waals surface area contributed by atoms with Crippen LogP contribution >= 0.6 is 24.0 Å². The van der Waals surface area contributed by atoms with E-state index < -0.39 is 0 Å². The van der Waals surface area contributed by atoms with Crippen LogP contribution < -0.4 is 15.4 Å². The van der Waals surface area contributed by atoms with Gasteiger partial charge in [0.25, 0.3) is 0 Å². The number of nitrogens with one attached hydrogen (secondary N) is 2. The fraction of sp³-hybridized carbons (Fsp3) is 0.435. The molecule has 4 rings (SSSR count). The lowest BCUT2D eigenvalue weighted by atomic mass is 10.1. The van der Waals surface area contributed by atoms with Gasteiger partial charge in [-0.05, 0) is 37.1 Å². The van der Waals surface area contributed by atoms with E-state index in [2.05, 4.69) is 50.9 Å². The van der Waals surface area contributed by atoms with Crippen LogP contribution in [-0.4, -0.2) is 53.5 Å². The summed E-state index contributed by atoms with van der Waals surface area (Å²) in [4.78, 5) is 4.34. The van der Waals surface area contributed by atoms with Gasteiger partial charge in [0, 0.05) is 44.7 Å². The van der Waals surface area contributed by atoms with Gasteiger partial charge in [0.05, 0.1) is 13.2 Å². The van der Waals surface area contributed by atoms with Crippen molar-refractivity contribution in [2.75, 3.05) is 26.8 Å². The fourth-order valence-corrected chi connectivity index (χ4v) is 3.62. The van der Waals surface area contributed by atoms with Gasteiger partial charge in [-0.25, -0.2) is 0 Å². The zero-order valence-corrected chi connectivity index (χ0v) is 20.9. The van der Waals surface area contributed by atoms with E-state index in [-0.39, 0.29) is 30.1 Å². The summed E-state index contributed by atoms with van der Waals surface area (Å²) in [5.41, 5.74) is 3.17. The Balaban J connectivity index is 0.00000289. The minimum atomic E-state index is 0. The molecule has 2 aromatic heterocycles. The minimum Gasteiger partial charge on any atom is -0.488 e. The molecule has 2 N–H and O–H groups in total. The number of ether oxygens (including phenoxy) is 2. The summed E-state index contributed by atoms with van der Waals surface area (Å²) >= 11 is 0. The molecule has 8 nitrogen and oxygen atoms in total. The van der Waals surface area contributed by atoms with Crippen LogP contribution in [0.1, 0.15) is 29.8 Å². The lowest BCUT2D eigenvalue weighted by molar-refractivity contribution is 0.140. The Labute approximate surface area is 205 Å².